The molecule has 4 rings (SSSR count). The van der Waals surface area contributed by atoms with E-state index in [2.05, 4.69) is 47.8 Å². The Hall–Kier alpha value is -2.57. The Morgan fingerprint density at radius 1 is 0.968 bits per heavy atom. The number of ether oxygens (including phenoxy) is 2. The second kappa shape index (κ2) is 10.2. The summed E-state index contributed by atoms with van der Waals surface area (Å²) >= 11 is 0. The van der Waals surface area contributed by atoms with Crippen molar-refractivity contribution in [3.8, 4) is 11.5 Å². The molecule has 31 heavy (non-hydrogen) atoms. The van der Waals surface area contributed by atoms with Crippen LogP contribution in [0, 0.1) is 0 Å². The summed E-state index contributed by atoms with van der Waals surface area (Å²) in [4.78, 5) is 15.6. The van der Waals surface area contributed by atoms with Gasteiger partial charge in [-0.15, -0.1) is 0 Å². The number of carbonyl (C=O) groups excluding carboxylic acids is 1. The van der Waals surface area contributed by atoms with Gasteiger partial charge in [-0.3, -0.25) is 4.79 Å². The number of hydrogen-bond acceptors (Lipinski definition) is 3. The van der Waals surface area contributed by atoms with E-state index in [1.807, 2.05) is 0 Å². The fourth-order valence-corrected chi connectivity index (χ4v) is 4.92. The molecular formula is C25H35N3O3+2. The standard InChI is InChI=1S/C25H33N3O3/c1-30-23-14-20-8-11-28(17-21(20)15-24(23)31-2)18-25(29)26-22-9-12-27(13-10-22)16-19-6-4-3-5-7-19/h3-7,14-15,22H,8-13,16-18H2,1-2H3,(H,26,29)/p+2. The summed E-state index contributed by atoms with van der Waals surface area (Å²) < 4.78 is 10.9. The van der Waals surface area contributed by atoms with Crippen molar-refractivity contribution in [2.45, 2.75) is 38.4 Å². The van der Waals surface area contributed by atoms with Crippen LogP contribution in [0.3, 0.4) is 0 Å². The summed E-state index contributed by atoms with van der Waals surface area (Å²) in [6, 6.07) is 15.1. The Bertz CT molecular complexity index is 879. The average molecular weight is 426 g/mol. The minimum absolute atomic E-state index is 0.176. The van der Waals surface area contributed by atoms with Crippen LogP contribution in [-0.2, 0) is 24.3 Å². The monoisotopic (exact) mass is 425 g/mol. The van der Waals surface area contributed by atoms with Crippen molar-refractivity contribution >= 4 is 5.91 Å². The lowest BCUT2D eigenvalue weighted by atomic mass is 9.98. The molecule has 1 unspecified atom stereocenters. The summed E-state index contributed by atoms with van der Waals surface area (Å²) in [6.45, 7) is 5.66. The Labute approximate surface area is 185 Å². The number of quaternary nitrogens is 2. The molecule has 6 nitrogen and oxygen atoms in total. The number of amides is 1. The summed E-state index contributed by atoms with van der Waals surface area (Å²) in [7, 11) is 3.33. The molecule has 0 saturated carbocycles. The SMILES string of the molecule is COc1cc2c(cc1OC)C[NH+](CC(=O)NC1CC[NH+](Cc3ccccc3)CC1)CC2. The molecule has 0 spiro atoms. The van der Waals surface area contributed by atoms with Crippen molar-refractivity contribution in [3.05, 3.63) is 59.2 Å². The molecule has 2 aliphatic heterocycles. The highest BCUT2D eigenvalue weighted by Crippen LogP contribution is 2.31. The molecule has 0 radical (unpaired) electrons. The Kier molecular flexibility index (Phi) is 7.10. The first-order valence-electron chi connectivity index (χ1n) is 11.4. The maximum Gasteiger partial charge on any atom is 0.275 e. The van der Waals surface area contributed by atoms with Gasteiger partial charge in [0.1, 0.15) is 13.1 Å². The first-order chi connectivity index (χ1) is 15.1. The van der Waals surface area contributed by atoms with Gasteiger partial charge in [0.05, 0.1) is 33.9 Å². The van der Waals surface area contributed by atoms with Crippen LogP contribution in [0.25, 0.3) is 0 Å². The van der Waals surface area contributed by atoms with E-state index in [0.717, 1.165) is 63.5 Å². The smallest absolute Gasteiger partial charge is 0.275 e. The number of carbonyl (C=O) groups is 1. The second-order valence-corrected chi connectivity index (χ2v) is 8.83. The number of rotatable bonds is 7. The van der Waals surface area contributed by atoms with E-state index < -0.39 is 0 Å². The molecular weight excluding hydrogens is 390 g/mol. The van der Waals surface area contributed by atoms with Crippen LogP contribution >= 0.6 is 0 Å². The molecule has 6 heteroatoms. The van der Waals surface area contributed by atoms with E-state index in [1.54, 1.807) is 19.1 Å². The van der Waals surface area contributed by atoms with Crippen molar-refractivity contribution < 1.29 is 24.1 Å². The highest BCUT2D eigenvalue weighted by Gasteiger charge is 2.27. The number of benzene rings is 2. The van der Waals surface area contributed by atoms with Crippen molar-refractivity contribution in [1.29, 1.82) is 0 Å². The van der Waals surface area contributed by atoms with E-state index in [4.69, 9.17) is 9.47 Å². The molecule has 166 valence electrons. The van der Waals surface area contributed by atoms with Crippen LogP contribution in [0.2, 0.25) is 0 Å². The van der Waals surface area contributed by atoms with Gasteiger partial charge in [0, 0.05) is 36.4 Å². The van der Waals surface area contributed by atoms with Gasteiger partial charge in [0.25, 0.3) is 5.91 Å². The zero-order chi connectivity index (χ0) is 21.6. The summed E-state index contributed by atoms with van der Waals surface area (Å²) in [5, 5.41) is 3.30. The summed E-state index contributed by atoms with van der Waals surface area (Å²) in [5.74, 6) is 1.72. The number of nitrogens with one attached hydrogen (secondary N) is 3. The van der Waals surface area contributed by atoms with Gasteiger partial charge in [-0.25, -0.2) is 0 Å². The molecule has 2 aromatic carbocycles. The molecule has 0 aliphatic carbocycles. The van der Waals surface area contributed by atoms with Crippen LogP contribution in [-0.4, -0.2) is 52.3 Å². The molecule has 2 aliphatic rings. The molecule has 1 saturated heterocycles. The van der Waals surface area contributed by atoms with Crippen molar-refractivity contribution in [1.82, 2.24) is 5.32 Å². The summed E-state index contributed by atoms with van der Waals surface area (Å²) in [5.41, 5.74) is 3.95. The molecule has 1 amide bonds. The van der Waals surface area contributed by atoms with Crippen molar-refractivity contribution in [3.63, 3.8) is 0 Å². The number of piperidine rings is 1. The van der Waals surface area contributed by atoms with E-state index in [0.29, 0.717) is 12.6 Å². The fraction of sp³-hybridized carbons (Fsp3) is 0.480. The highest BCUT2D eigenvalue weighted by molar-refractivity contribution is 5.77. The zero-order valence-electron chi connectivity index (χ0n) is 18.7. The Balaban J connectivity index is 1.24. The van der Waals surface area contributed by atoms with Crippen LogP contribution in [0.1, 0.15) is 29.5 Å². The van der Waals surface area contributed by atoms with Gasteiger partial charge < -0.3 is 24.6 Å². The van der Waals surface area contributed by atoms with Gasteiger partial charge in [-0.1, -0.05) is 30.3 Å². The lowest BCUT2D eigenvalue weighted by Gasteiger charge is -2.31. The van der Waals surface area contributed by atoms with Crippen molar-refractivity contribution in [2.75, 3.05) is 40.4 Å². The van der Waals surface area contributed by atoms with Crippen LogP contribution in [0.15, 0.2) is 42.5 Å². The highest BCUT2D eigenvalue weighted by atomic mass is 16.5. The number of methoxy groups -OCH3 is 2. The Morgan fingerprint density at radius 2 is 1.65 bits per heavy atom. The van der Waals surface area contributed by atoms with Gasteiger partial charge >= 0.3 is 0 Å². The normalized spacial score (nSPS) is 23.0. The third-order valence-electron chi connectivity index (χ3n) is 6.66. The molecule has 0 bridgehead atoms. The average Bonchev–Trinajstić information content (AvgIpc) is 2.80. The first kappa shape index (κ1) is 21.7. The maximum atomic E-state index is 12.7. The lowest BCUT2D eigenvalue weighted by Crippen LogP contribution is -3.13. The number of hydrogen-bond donors (Lipinski definition) is 3. The third kappa shape index (κ3) is 5.57. The van der Waals surface area contributed by atoms with Gasteiger partial charge in [0.2, 0.25) is 0 Å². The maximum absolute atomic E-state index is 12.7. The number of fused-ring (bicyclic) bond motifs is 1. The third-order valence-corrected chi connectivity index (χ3v) is 6.66. The van der Waals surface area contributed by atoms with E-state index in [9.17, 15) is 4.79 Å². The molecule has 2 heterocycles. The number of likely N-dealkylation sites (tertiary alicyclic amines) is 1. The van der Waals surface area contributed by atoms with Gasteiger partial charge in [-0.2, -0.15) is 0 Å². The predicted octanol–water partition coefficient (Wildman–Crippen LogP) is 0.00850. The zero-order valence-corrected chi connectivity index (χ0v) is 18.7. The van der Waals surface area contributed by atoms with Gasteiger partial charge in [-0.05, 0) is 17.7 Å². The topological polar surface area (TPSA) is 56.4 Å². The van der Waals surface area contributed by atoms with Crippen molar-refractivity contribution in [2.24, 2.45) is 0 Å². The molecule has 1 fully saturated rings. The predicted molar refractivity (Wildman–Crippen MR) is 120 cm³/mol. The van der Waals surface area contributed by atoms with Crippen LogP contribution in [0.5, 0.6) is 11.5 Å². The minimum Gasteiger partial charge on any atom is -0.493 e. The second-order valence-electron chi connectivity index (χ2n) is 8.83. The first-order valence-corrected chi connectivity index (χ1v) is 11.4. The summed E-state index contributed by atoms with van der Waals surface area (Å²) in [6.07, 6.45) is 3.08. The van der Waals surface area contributed by atoms with E-state index in [-0.39, 0.29) is 5.91 Å². The van der Waals surface area contributed by atoms with Crippen LogP contribution in [0.4, 0.5) is 0 Å². The van der Waals surface area contributed by atoms with E-state index in [1.165, 1.54) is 21.6 Å². The minimum atomic E-state index is 0.176. The molecule has 1 atom stereocenters. The quantitative estimate of drug-likeness (QED) is 0.586. The Morgan fingerprint density at radius 3 is 2.32 bits per heavy atom. The fourth-order valence-electron chi connectivity index (χ4n) is 4.92. The molecule has 3 N–H and O–H groups in total. The molecule has 2 aromatic rings. The van der Waals surface area contributed by atoms with Gasteiger partial charge in [0.15, 0.2) is 18.0 Å². The molecule has 0 aromatic heterocycles. The van der Waals surface area contributed by atoms with Crippen LogP contribution < -0.4 is 24.6 Å². The lowest BCUT2D eigenvalue weighted by molar-refractivity contribution is -0.919. The largest absolute Gasteiger partial charge is 0.493 e. The van der Waals surface area contributed by atoms with E-state index >= 15 is 0 Å².